The van der Waals surface area contributed by atoms with Crippen LogP contribution in [0.15, 0.2) is 57.9 Å². The van der Waals surface area contributed by atoms with Gasteiger partial charge in [0.2, 0.25) is 15.9 Å². The second-order valence-corrected chi connectivity index (χ2v) is 9.20. The number of nitrogens with zero attached hydrogens (tertiary/aromatic N) is 1. The Balaban J connectivity index is 1.77. The van der Waals surface area contributed by atoms with Gasteiger partial charge in [-0.2, -0.15) is 4.31 Å². The van der Waals surface area contributed by atoms with Crippen LogP contribution in [0.25, 0.3) is 0 Å². The van der Waals surface area contributed by atoms with Gasteiger partial charge >= 0.3 is 0 Å². The number of nitrogens with one attached hydrogen (secondary N) is 1. The van der Waals surface area contributed by atoms with Gasteiger partial charge in [-0.1, -0.05) is 40.5 Å². The highest BCUT2D eigenvalue weighted by atomic mass is 79.9. The molecule has 144 valence electrons. The molecule has 2 aromatic carbocycles. The zero-order valence-corrected chi connectivity index (χ0v) is 17.0. The zero-order valence-electron chi connectivity index (χ0n) is 14.6. The predicted molar refractivity (Wildman–Crippen MR) is 104 cm³/mol. The second kappa shape index (κ2) is 8.50. The molecule has 1 heterocycles. The monoisotopic (exact) mass is 454 g/mol. The molecule has 0 spiro atoms. The summed E-state index contributed by atoms with van der Waals surface area (Å²) in [5.74, 6) is -0.806. The van der Waals surface area contributed by atoms with Crippen LogP contribution < -0.4 is 5.32 Å². The summed E-state index contributed by atoms with van der Waals surface area (Å²) in [5.41, 5.74) is 0.365. The maximum Gasteiger partial charge on any atom is 0.243 e. The van der Waals surface area contributed by atoms with Gasteiger partial charge in [0.1, 0.15) is 11.9 Å². The SMILES string of the molecule is O=C(NCc1ccccc1F)[C@H]1CCCCN1S(=O)(=O)c1ccc(Br)cc1. The average Bonchev–Trinajstić information content (AvgIpc) is 2.67. The van der Waals surface area contributed by atoms with Crippen LogP contribution in [0.4, 0.5) is 4.39 Å². The fourth-order valence-corrected chi connectivity index (χ4v) is 5.06. The first kappa shape index (κ1) is 20.0. The lowest BCUT2D eigenvalue weighted by atomic mass is 10.0. The van der Waals surface area contributed by atoms with E-state index in [1.807, 2.05) is 0 Å². The minimum atomic E-state index is -3.79. The molecule has 5 nitrogen and oxygen atoms in total. The molecule has 1 atom stereocenters. The molecule has 1 N–H and O–H groups in total. The van der Waals surface area contributed by atoms with E-state index in [0.29, 0.717) is 18.4 Å². The number of sulfonamides is 1. The molecule has 0 aromatic heterocycles. The van der Waals surface area contributed by atoms with E-state index >= 15 is 0 Å². The van der Waals surface area contributed by atoms with Crippen LogP contribution in [0.3, 0.4) is 0 Å². The van der Waals surface area contributed by atoms with Crippen LogP contribution in [0.2, 0.25) is 0 Å². The molecule has 1 aliphatic heterocycles. The van der Waals surface area contributed by atoms with Crippen LogP contribution in [-0.2, 0) is 21.4 Å². The maximum atomic E-state index is 13.7. The number of carbonyl (C=O) groups excluding carboxylic acids is 1. The Morgan fingerprint density at radius 1 is 1.15 bits per heavy atom. The molecule has 1 aliphatic rings. The third-order valence-corrected chi connectivity index (χ3v) is 7.04. The van der Waals surface area contributed by atoms with Crippen LogP contribution >= 0.6 is 15.9 Å². The summed E-state index contributed by atoms with van der Waals surface area (Å²) in [7, 11) is -3.79. The van der Waals surface area contributed by atoms with Gasteiger partial charge in [0.15, 0.2) is 0 Å². The topological polar surface area (TPSA) is 66.5 Å². The van der Waals surface area contributed by atoms with Crippen molar-refractivity contribution >= 4 is 31.9 Å². The largest absolute Gasteiger partial charge is 0.351 e. The number of rotatable bonds is 5. The summed E-state index contributed by atoms with van der Waals surface area (Å²) in [5, 5.41) is 2.68. The van der Waals surface area contributed by atoms with Crippen molar-refractivity contribution in [2.24, 2.45) is 0 Å². The number of halogens is 2. The smallest absolute Gasteiger partial charge is 0.243 e. The van der Waals surface area contributed by atoms with Gasteiger partial charge in [-0.3, -0.25) is 4.79 Å². The number of piperidine rings is 1. The van der Waals surface area contributed by atoms with E-state index < -0.39 is 27.8 Å². The summed E-state index contributed by atoms with van der Waals surface area (Å²) in [6, 6.07) is 11.7. The van der Waals surface area contributed by atoms with Crippen molar-refractivity contribution in [1.29, 1.82) is 0 Å². The Morgan fingerprint density at radius 3 is 2.56 bits per heavy atom. The van der Waals surface area contributed by atoms with Gasteiger partial charge in [0.25, 0.3) is 0 Å². The first-order valence-electron chi connectivity index (χ1n) is 8.68. The fourth-order valence-electron chi connectivity index (χ4n) is 3.14. The standard InChI is InChI=1S/C19H20BrFN2O3S/c20-15-8-10-16(11-9-15)27(25,26)23-12-4-3-7-18(23)19(24)22-13-14-5-1-2-6-17(14)21/h1-2,5-6,8-11,18H,3-4,7,12-13H2,(H,22,24)/t18-/m1/s1. The summed E-state index contributed by atoms with van der Waals surface area (Å²) in [6.07, 6.45) is 1.91. The summed E-state index contributed by atoms with van der Waals surface area (Å²) >= 11 is 3.29. The third-order valence-electron chi connectivity index (χ3n) is 4.59. The molecule has 2 aromatic rings. The molecule has 0 bridgehead atoms. The average molecular weight is 455 g/mol. The molecule has 27 heavy (non-hydrogen) atoms. The molecule has 0 saturated carbocycles. The van der Waals surface area contributed by atoms with Gasteiger partial charge < -0.3 is 5.32 Å². The van der Waals surface area contributed by atoms with Gasteiger partial charge in [-0.25, -0.2) is 12.8 Å². The number of carbonyl (C=O) groups is 1. The predicted octanol–water partition coefficient (Wildman–Crippen LogP) is 3.45. The van der Waals surface area contributed by atoms with E-state index in [0.717, 1.165) is 10.9 Å². The highest BCUT2D eigenvalue weighted by Crippen LogP contribution is 2.26. The minimum Gasteiger partial charge on any atom is -0.351 e. The quantitative estimate of drug-likeness (QED) is 0.751. The van der Waals surface area contributed by atoms with Crippen molar-refractivity contribution in [3.63, 3.8) is 0 Å². The van der Waals surface area contributed by atoms with Crippen LogP contribution in [0.5, 0.6) is 0 Å². The lowest BCUT2D eigenvalue weighted by molar-refractivity contribution is -0.125. The van der Waals surface area contributed by atoms with Crippen molar-refractivity contribution in [3.05, 3.63) is 64.4 Å². The normalized spacial score (nSPS) is 18.2. The first-order chi connectivity index (χ1) is 12.9. The molecule has 8 heteroatoms. The van der Waals surface area contributed by atoms with Crippen molar-refractivity contribution in [2.75, 3.05) is 6.54 Å². The third kappa shape index (κ3) is 4.56. The fraction of sp³-hybridized carbons (Fsp3) is 0.316. The summed E-state index contributed by atoms with van der Waals surface area (Å²) < 4.78 is 41.8. The van der Waals surface area contributed by atoms with E-state index in [1.54, 1.807) is 30.3 Å². The maximum absolute atomic E-state index is 13.7. The molecule has 1 fully saturated rings. The highest BCUT2D eigenvalue weighted by molar-refractivity contribution is 9.10. The van der Waals surface area contributed by atoms with Crippen LogP contribution in [0.1, 0.15) is 24.8 Å². The lowest BCUT2D eigenvalue weighted by Crippen LogP contribution is -2.51. The van der Waals surface area contributed by atoms with Crippen molar-refractivity contribution < 1.29 is 17.6 Å². The van der Waals surface area contributed by atoms with Crippen LogP contribution in [0, 0.1) is 5.82 Å². The molecule has 1 saturated heterocycles. The lowest BCUT2D eigenvalue weighted by Gasteiger charge is -2.33. The van der Waals surface area contributed by atoms with Gasteiger partial charge in [-0.05, 0) is 43.2 Å². The summed E-state index contributed by atoms with van der Waals surface area (Å²) in [4.78, 5) is 12.8. The van der Waals surface area contributed by atoms with Crippen molar-refractivity contribution in [2.45, 2.75) is 36.7 Å². The molecular formula is C19H20BrFN2O3S. The Labute approximate surface area is 166 Å². The molecule has 0 radical (unpaired) electrons. The van der Waals surface area contributed by atoms with E-state index in [-0.39, 0.29) is 18.0 Å². The zero-order chi connectivity index (χ0) is 19.4. The van der Waals surface area contributed by atoms with Gasteiger partial charge in [0, 0.05) is 23.1 Å². The Hall–Kier alpha value is -1.77. The van der Waals surface area contributed by atoms with Gasteiger partial charge in [-0.15, -0.1) is 0 Å². The number of benzene rings is 2. The van der Waals surface area contributed by atoms with Crippen LogP contribution in [-0.4, -0.2) is 31.2 Å². The molecule has 0 unspecified atom stereocenters. The number of hydrogen-bond donors (Lipinski definition) is 1. The van der Waals surface area contributed by atoms with E-state index in [1.165, 1.54) is 22.5 Å². The minimum absolute atomic E-state index is 0.0220. The number of hydrogen-bond acceptors (Lipinski definition) is 3. The molecule has 0 aliphatic carbocycles. The highest BCUT2D eigenvalue weighted by Gasteiger charge is 2.37. The van der Waals surface area contributed by atoms with E-state index in [9.17, 15) is 17.6 Å². The second-order valence-electron chi connectivity index (χ2n) is 6.39. The van der Waals surface area contributed by atoms with Crippen molar-refractivity contribution in [3.8, 4) is 0 Å². The first-order valence-corrected chi connectivity index (χ1v) is 10.9. The molecular weight excluding hydrogens is 435 g/mol. The molecule has 3 rings (SSSR count). The van der Waals surface area contributed by atoms with E-state index in [4.69, 9.17) is 0 Å². The van der Waals surface area contributed by atoms with E-state index in [2.05, 4.69) is 21.2 Å². The molecule has 1 amide bonds. The van der Waals surface area contributed by atoms with Gasteiger partial charge in [0.05, 0.1) is 4.90 Å². The Morgan fingerprint density at radius 2 is 1.85 bits per heavy atom. The Kier molecular flexibility index (Phi) is 6.29. The number of amides is 1. The Bertz CT molecular complexity index is 919. The summed E-state index contributed by atoms with van der Waals surface area (Å²) in [6.45, 7) is 0.310. The van der Waals surface area contributed by atoms with Crippen molar-refractivity contribution in [1.82, 2.24) is 9.62 Å².